The molecule has 0 bridgehead atoms. The van der Waals surface area contributed by atoms with Gasteiger partial charge in [0.15, 0.2) is 5.11 Å². The predicted octanol–water partition coefficient (Wildman–Crippen LogP) is -0.724. The molecule has 0 aliphatic carbocycles. The topological polar surface area (TPSA) is 71.1 Å². The third kappa shape index (κ3) is 1.75. The van der Waals surface area contributed by atoms with Crippen molar-refractivity contribution in [3.8, 4) is 5.75 Å². The molecule has 1 aliphatic heterocycles. The zero-order valence-electron chi connectivity index (χ0n) is 8.62. The van der Waals surface area contributed by atoms with Gasteiger partial charge >= 0.3 is 7.05 Å². The molecular formula is C9H10BN3O2S. The molecule has 1 aromatic rings. The first-order valence-corrected chi connectivity index (χ1v) is 5.03. The highest BCUT2D eigenvalue weighted by Gasteiger charge is 2.30. The lowest BCUT2D eigenvalue weighted by atomic mass is 9.70. The van der Waals surface area contributed by atoms with Crippen LogP contribution in [-0.4, -0.2) is 35.4 Å². The SMILES string of the molecule is COc1ccc2c(c1)C=NN(C(N)=S)B2O. The molecule has 16 heavy (non-hydrogen) atoms. The van der Waals surface area contributed by atoms with Crippen LogP contribution in [0, 0.1) is 0 Å². The molecule has 0 atom stereocenters. The van der Waals surface area contributed by atoms with Crippen LogP contribution in [0.25, 0.3) is 0 Å². The molecule has 0 aromatic heterocycles. The first-order chi connectivity index (χ1) is 7.63. The number of ether oxygens (including phenoxy) is 1. The molecule has 82 valence electrons. The van der Waals surface area contributed by atoms with Crippen LogP contribution in [0.1, 0.15) is 5.56 Å². The van der Waals surface area contributed by atoms with E-state index in [2.05, 4.69) is 5.10 Å². The summed E-state index contributed by atoms with van der Waals surface area (Å²) in [7, 11) is 0.641. The van der Waals surface area contributed by atoms with Crippen molar-refractivity contribution >= 4 is 36.1 Å². The van der Waals surface area contributed by atoms with E-state index in [1.165, 1.54) is 4.92 Å². The average Bonchev–Trinajstić information content (AvgIpc) is 2.28. The molecule has 2 rings (SSSR count). The quantitative estimate of drug-likeness (QED) is 0.496. The number of hydrogen-bond donors (Lipinski definition) is 2. The number of hydrogen-bond acceptors (Lipinski definition) is 4. The van der Waals surface area contributed by atoms with Gasteiger partial charge in [-0.1, -0.05) is 6.07 Å². The Balaban J connectivity index is 2.42. The number of hydrazone groups is 1. The van der Waals surface area contributed by atoms with Gasteiger partial charge < -0.3 is 15.5 Å². The highest BCUT2D eigenvalue weighted by molar-refractivity contribution is 7.80. The summed E-state index contributed by atoms with van der Waals surface area (Å²) < 4.78 is 5.08. The monoisotopic (exact) mass is 235 g/mol. The van der Waals surface area contributed by atoms with Crippen LogP contribution < -0.4 is 15.9 Å². The van der Waals surface area contributed by atoms with Crippen molar-refractivity contribution < 1.29 is 9.76 Å². The standard InChI is InChI=1S/C9H10BN3O2S/c1-15-7-2-3-8-6(4-7)5-12-13(9(11)16)10(8)14/h2-5,14H,1H3,(H2,11,16). The Bertz CT molecular complexity index is 466. The molecule has 0 unspecified atom stereocenters. The first kappa shape index (κ1) is 10.9. The maximum absolute atomic E-state index is 9.96. The lowest BCUT2D eigenvalue weighted by molar-refractivity contribution is 0.414. The van der Waals surface area contributed by atoms with Crippen molar-refractivity contribution in [1.29, 1.82) is 0 Å². The number of nitrogens with two attached hydrogens (primary N) is 1. The maximum Gasteiger partial charge on any atom is 0.473 e. The van der Waals surface area contributed by atoms with Crippen LogP contribution in [0.3, 0.4) is 0 Å². The van der Waals surface area contributed by atoms with E-state index in [1.54, 1.807) is 31.5 Å². The van der Waals surface area contributed by atoms with Gasteiger partial charge in [-0.05, 0) is 35.4 Å². The average molecular weight is 235 g/mol. The summed E-state index contributed by atoms with van der Waals surface area (Å²) in [6.07, 6.45) is 1.59. The second-order valence-electron chi connectivity index (χ2n) is 3.30. The number of methoxy groups -OCH3 is 1. The van der Waals surface area contributed by atoms with Gasteiger partial charge in [-0.2, -0.15) is 5.10 Å². The normalized spacial score (nSPS) is 13.6. The van der Waals surface area contributed by atoms with Crippen molar-refractivity contribution in [2.24, 2.45) is 10.8 Å². The Kier molecular flexibility index (Phi) is 2.80. The van der Waals surface area contributed by atoms with Crippen LogP contribution in [0.4, 0.5) is 0 Å². The van der Waals surface area contributed by atoms with Crippen molar-refractivity contribution in [3.63, 3.8) is 0 Å². The van der Waals surface area contributed by atoms with Gasteiger partial charge in [0.25, 0.3) is 0 Å². The number of rotatable bonds is 1. The minimum absolute atomic E-state index is 0.0326. The summed E-state index contributed by atoms with van der Waals surface area (Å²) in [4.78, 5) is 1.18. The molecule has 1 heterocycles. The lowest BCUT2D eigenvalue weighted by Gasteiger charge is -2.25. The van der Waals surface area contributed by atoms with E-state index in [9.17, 15) is 5.02 Å². The molecule has 0 fully saturated rings. The molecular weight excluding hydrogens is 225 g/mol. The third-order valence-corrected chi connectivity index (χ3v) is 2.54. The fourth-order valence-corrected chi connectivity index (χ4v) is 1.67. The molecule has 0 radical (unpaired) electrons. The number of thiocarbonyl (C=S) groups is 1. The fraction of sp³-hybridized carbons (Fsp3) is 0.111. The lowest BCUT2D eigenvalue weighted by Crippen LogP contribution is -2.53. The molecule has 0 saturated heterocycles. The van der Waals surface area contributed by atoms with Gasteiger partial charge in [0.1, 0.15) is 5.75 Å². The van der Waals surface area contributed by atoms with Crippen LogP contribution >= 0.6 is 12.2 Å². The van der Waals surface area contributed by atoms with E-state index in [-0.39, 0.29) is 5.11 Å². The molecule has 1 aliphatic rings. The Morgan fingerprint density at radius 3 is 3.00 bits per heavy atom. The van der Waals surface area contributed by atoms with Gasteiger partial charge in [0, 0.05) is 0 Å². The summed E-state index contributed by atoms with van der Waals surface area (Å²) in [5, 5.41) is 14.0. The zero-order valence-corrected chi connectivity index (χ0v) is 9.44. The van der Waals surface area contributed by atoms with E-state index in [0.717, 1.165) is 5.56 Å². The summed E-state index contributed by atoms with van der Waals surface area (Å²) in [5.74, 6) is 0.709. The third-order valence-electron chi connectivity index (χ3n) is 2.35. The molecule has 7 heteroatoms. The second-order valence-corrected chi connectivity index (χ2v) is 3.71. The highest BCUT2D eigenvalue weighted by atomic mass is 32.1. The molecule has 0 amide bonds. The molecule has 1 aromatic carbocycles. The van der Waals surface area contributed by atoms with Crippen molar-refractivity contribution in [1.82, 2.24) is 4.92 Å². The van der Waals surface area contributed by atoms with Crippen molar-refractivity contribution in [3.05, 3.63) is 23.8 Å². The summed E-state index contributed by atoms with van der Waals surface area (Å²) >= 11 is 4.78. The van der Waals surface area contributed by atoms with Crippen LogP contribution in [0.2, 0.25) is 0 Å². The van der Waals surface area contributed by atoms with E-state index < -0.39 is 7.05 Å². The van der Waals surface area contributed by atoms with Crippen LogP contribution in [0.15, 0.2) is 23.3 Å². The molecule has 0 saturated carbocycles. The number of nitrogens with zero attached hydrogens (tertiary/aromatic N) is 2. The minimum Gasteiger partial charge on any atom is -0.497 e. The zero-order chi connectivity index (χ0) is 11.7. The predicted molar refractivity (Wildman–Crippen MR) is 66.8 cm³/mol. The van der Waals surface area contributed by atoms with Crippen molar-refractivity contribution in [2.75, 3.05) is 7.11 Å². The Labute approximate surface area is 98.6 Å². The fourth-order valence-electron chi connectivity index (χ4n) is 1.52. The first-order valence-electron chi connectivity index (χ1n) is 4.62. The van der Waals surface area contributed by atoms with Crippen LogP contribution in [0.5, 0.6) is 5.75 Å². The van der Waals surface area contributed by atoms with E-state index >= 15 is 0 Å². The summed E-state index contributed by atoms with van der Waals surface area (Å²) in [6, 6.07) is 5.31. The Morgan fingerprint density at radius 2 is 2.38 bits per heavy atom. The van der Waals surface area contributed by atoms with Gasteiger partial charge in [-0.3, -0.25) is 4.92 Å². The molecule has 3 N–H and O–H groups in total. The Hall–Kier alpha value is -1.60. The maximum atomic E-state index is 9.96. The Morgan fingerprint density at radius 1 is 1.62 bits per heavy atom. The van der Waals surface area contributed by atoms with Gasteiger partial charge in [0.2, 0.25) is 0 Å². The molecule has 5 nitrogen and oxygen atoms in total. The largest absolute Gasteiger partial charge is 0.497 e. The van der Waals surface area contributed by atoms with E-state index in [4.69, 9.17) is 22.7 Å². The number of benzene rings is 1. The summed E-state index contributed by atoms with van der Waals surface area (Å²) in [5.41, 5.74) is 6.92. The van der Waals surface area contributed by atoms with Crippen LogP contribution in [-0.2, 0) is 0 Å². The highest BCUT2D eigenvalue weighted by Crippen LogP contribution is 2.13. The van der Waals surface area contributed by atoms with Gasteiger partial charge in [0.05, 0.1) is 13.3 Å². The van der Waals surface area contributed by atoms with E-state index in [1.807, 2.05) is 0 Å². The van der Waals surface area contributed by atoms with Gasteiger partial charge in [-0.25, -0.2) is 0 Å². The second kappa shape index (κ2) is 4.11. The van der Waals surface area contributed by atoms with E-state index in [0.29, 0.717) is 11.2 Å². The molecule has 0 spiro atoms. The number of fused-ring (bicyclic) bond motifs is 1. The van der Waals surface area contributed by atoms with Gasteiger partial charge in [-0.15, -0.1) is 0 Å². The summed E-state index contributed by atoms with van der Waals surface area (Å²) in [6.45, 7) is 0. The van der Waals surface area contributed by atoms with Crippen molar-refractivity contribution in [2.45, 2.75) is 0 Å². The smallest absolute Gasteiger partial charge is 0.473 e. The minimum atomic E-state index is -0.941.